The van der Waals surface area contributed by atoms with Gasteiger partial charge in [0.1, 0.15) is 5.69 Å². The van der Waals surface area contributed by atoms with E-state index in [0.717, 1.165) is 34.3 Å². The van der Waals surface area contributed by atoms with Gasteiger partial charge in [-0.05, 0) is 18.1 Å². The number of anilines is 1. The van der Waals surface area contributed by atoms with Gasteiger partial charge in [0.05, 0.1) is 6.04 Å². The number of benzene rings is 2. The summed E-state index contributed by atoms with van der Waals surface area (Å²) in [6, 6.07) is 15.4. The number of aromatic nitrogens is 2. The Morgan fingerprint density at radius 1 is 1.03 bits per heavy atom. The lowest BCUT2D eigenvalue weighted by Crippen LogP contribution is -2.54. The van der Waals surface area contributed by atoms with Crippen LogP contribution in [-0.2, 0) is 4.79 Å². The summed E-state index contributed by atoms with van der Waals surface area (Å²) >= 11 is 6.04. The predicted molar refractivity (Wildman–Crippen MR) is 133 cm³/mol. The van der Waals surface area contributed by atoms with Crippen LogP contribution in [0.25, 0.3) is 22.0 Å². The van der Waals surface area contributed by atoms with Gasteiger partial charge in [-0.3, -0.25) is 4.79 Å². The number of halogens is 2. The molecular formula is C24H29Cl2N5O. The van der Waals surface area contributed by atoms with Gasteiger partial charge in [-0.25, -0.2) is 0 Å². The lowest BCUT2D eigenvalue weighted by atomic mass is 9.98. The molecule has 8 heteroatoms. The van der Waals surface area contributed by atoms with E-state index < -0.39 is 6.04 Å². The van der Waals surface area contributed by atoms with E-state index in [-0.39, 0.29) is 24.2 Å². The second kappa shape index (κ2) is 10.5. The molecule has 6 nitrogen and oxygen atoms in total. The Bertz CT molecular complexity index is 1070. The number of carbonyl (C=O) groups excluding carboxylic acids is 1. The Hall–Kier alpha value is -2.41. The van der Waals surface area contributed by atoms with Crippen molar-refractivity contribution in [1.82, 2.24) is 15.1 Å². The number of fused-ring (bicyclic) bond motifs is 1. The average Bonchev–Trinajstić information content (AvgIpc) is 2.82. The molecule has 2 atom stereocenters. The molecule has 0 bridgehead atoms. The SMILES string of the molecule is CCC(C)C(N)C(=O)N1CCN(c2nnc(-c3ccc(Cl)cc3)c3ccccc23)CC1.Cl. The van der Waals surface area contributed by atoms with Crippen molar-refractivity contribution in [1.29, 1.82) is 0 Å². The van der Waals surface area contributed by atoms with E-state index in [4.69, 9.17) is 17.3 Å². The molecule has 4 rings (SSSR count). The molecule has 2 unspecified atom stereocenters. The maximum Gasteiger partial charge on any atom is 0.239 e. The van der Waals surface area contributed by atoms with Crippen LogP contribution in [0.5, 0.6) is 0 Å². The lowest BCUT2D eigenvalue weighted by Gasteiger charge is -2.37. The summed E-state index contributed by atoms with van der Waals surface area (Å²) in [7, 11) is 0. The van der Waals surface area contributed by atoms with Crippen molar-refractivity contribution >= 4 is 46.5 Å². The van der Waals surface area contributed by atoms with Gasteiger partial charge in [-0.1, -0.05) is 68.3 Å². The Morgan fingerprint density at radius 3 is 2.28 bits per heavy atom. The first-order valence-electron chi connectivity index (χ1n) is 10.8. The molecule has 1 aliphatic rings. The van der Waals surface area contributed by atoms with Crippen LogP contribution in [0.4, 0.5) is 5.82 Å². The molecular weight excluding hydrogens is 445 g/mol. The van der Waals surface area contributed by atoms with Gasteiger partial charge in [0, 0.05) is 47.5 Å². The summed E-state index contributed by atoms with van der Waals surface area (Å²) in [5.41, 5.74) is 7.99. The highest BCUT2D eigenvalue weighted by Gasteiger charge is 2.29. The van der Waals surface area contributed by atoms with Crippen LogP contribution in [0, 0.1) is 5.92 Å². The molecule has 0 aliphatic carbocycles. The molecule has 1 fully saturated rings. The zero-order chi connectivity index (χ0) is 22.0. The van der Waals surface area contributed by atoms with E-state index >= 15 is 0 Å². The number of rotatable bonds is 5. The van der Waals surface area contributed by atoms with Crippen LogP contribution in [0.3, 0.4) is 0 Å². The molecule has 2 N–H and O–H groups in total. The smallest absolute Gasteiger partial charge is 0.239 e. The lowest BCUT2D eigenvalue weighted by molar-refractivity contribution is -0.134. The van der Waals surface area contributed by atoms with Gasteiger partial charge in [0.15, 0.2) is 5.82 Å². The molecule has 170 valence electrons. The Kier molecular flexibility index (Phi) is 7.93. The second-order valence-corrected chi connectivity index (χ2v) is 8.58. The molecule has 1 saturated heterocycles. The minimum Gasteiger partial charge on any atom is -0.351 e. The number of hydrogen-bond donors (Lipinski definition) is 1. The van der Waals surface area contributed by atoms with Crippen molar-refractivity contribution in [2.24, 2.45) is 11.7 Å². The van der Waals surface area contributed by atoms with E-state index in [1.807, 2.05) is 48.2 Å². The van der Waals surface area contributed by atoms with Crippen LogP contribution in [0.2, 0.25) is 5.02 Å². The molecule has 0 spiro atoms. The molecule has 0 saturated carbocycles. The third kappa shape index (κ3) is 4.82. The van der Waals surface area contributed by atoms with Crippen molar-refractivity contribution in [2.75, 3.05) is 31.1 Å². The molecule has 1 aromatic heterocycles. The van der Waals surface area contributed by atoms with Crippen molar-refractivity contribution in [2.45, 2.75) is 26.3 Å². The first-order valence-corrected chi connectivity index (χ1v) is 11.2. The molecule has 3 aromatic rings. The summed E-state index contributed by atoms with van der Waals surface area (Å²) in [6.07, 6.45) is 0.897. The zero-order valence-corrected chi connectivity index (χ0v) is 19.9. The van der Waals surface area contributed by atoms with Gasteiger partial charge in [-0.2, -0.15) is 0 Å². The van der Waals surface area contributed by atoms with Crippen molar-refractivity contribution in [3.05, 3.63) is 53.6 Å². The highest BCUT2D eigenvalue weighted by Crippen LogP contribution is 2.32. The number of hydrogen-bond acceptors (Lipinski definition) is 5. The van der Waals surface area contributed by atoms with Crippen LogP contribution >= 0.6 is 24.0 Å². The normalized spacial score (nSPS) is 15.9. The summed E-state index contributed by atoms with van der Waals surface area (Å²) in [5.74, 6) is 1.08. The van der Waals surface area contributed by atoms with Crippen LogP contribution < -0.4 is 10.6 Å². The standard InChI is InChI=1S/C24H28ClN5O.ClH/c1-3-16(2)21(26)24(31)30-14-12-29(13-15-30)23-20-7-5-4-6-19(20)22(27-28-23)17-8-10-18(25)11-9-17;/h4-11,16,21H,3,12-15,26H2,1-2H3;1H. The predicted octanol–water partition coefficient (Wildman–Crippen LogP) is 4.39. The van der Waals surface area contributed by atoms with E-state index in [0.29, 0.717) is 31.2 Å². The van der Waals surface area contributed by atoms with E-state index in [2.05, 4.69) is 34.2 Å². The number of carbonyl (C=O) groups is 1. The largest absolute Gasteiger partial charge is 0.351 e. The highest BCUT2D eigenvalue weighted by atomic mass is 35.5. The van der Waals surface area contributed by atoms with Gasteiger partial charge in [0.25, 0.3) is 0 Å². The van der Waals surface area contributed by atoms with Crippen LogP contribution in [-0.4, -0.2) is 53.2 Å². The first kappa shape index (κ1) is 24.2. The number of piperazine rings is 1. The zero-order valence-electron chi connectivity index (χ0n) is 18.4. The fraction of sp³-hybridized carbons (Fsp3) is 0.375. The maximum absolute atomic E-state index is 12.7. The Labute approximate surface area is 200 Å². The molecule has 32 heavy (non-hydrogen) atoms. The van der Waals surface area contributed by atoms with Gasteiger partial charge in [0.2, 0.25) is 5.91 Å². The number of nitrogens with zero attached hydrogens (tertiary/aromatic N) is 4. The summed E-state index contributed by atoms with van der Waals surface area (Å²) < 4.78 is 0. The highest BCUT2D eigenvalue weighted by molar-refractivity contribution is 6.30. The molecule has 1 aliphatic heterocycles. The van der Waals surface area contributed by atoms with Crippen molar-refractivity contribution in [3.63, 3.8) is 0 Å². The Balaban J connectivity index is 0.00000289. The van der Waals surface area contributed by atoms with E-state index in [9.17, 15) is 4.79 Å². The minimum atomic E-state index is -0.434. The number of nitrogens with two attached hydrogens (primary N) is 1. The maximum atomic E-state index is 12.7. The quantitative estimate of drug-likeness (QED) is 0.594. The minimum absolute atomic E-state index is 0. The van der Waals surface area contributed by atoms with Crippen LogP contribution in [0.15, 0.2) is 48.5 Å². The first-order chi connectivity index (χ1) is 15.0. The molecule has 2 aromatic carbocycles. The van der Waals surface area contributed by atoms with Gasteiger partial charge >= 0.3 is 0 Å². The summed E-state index contributed by atoms with van der Waals surface area (Å²) in [4.78, 5) is 16.8. The van der Waals surface area contributed by atoms with E-state index in [1.165, 1.54) is 0 Å². The fourth-order valence-electron chi connectivity index (χ4n) is 3.99. The van der Waals surface area contributed by atoms with Crippen LogP contribution in [0.1, 0.15) is 20.3 Å². The fourth-order valence-corrected chi connectivity index (χ4v) is 4.12. The molecule has 1 amide bonds. The summed E-state index contributed by atoms with van der Waals surface area (Å²) in [5, 5.41) is 11.9. The Morgan fingerprint density at radius 2 is 1.66 bits per heavy atom. The van der Waals surface area contributed by atoms with E-state index in [1.54, 1.807) is 0 Å². The molecule has 2 heterocycles. The van der Waals surface area contributed by atoms with Gasteiger partial charge < -0.3 is 15.5 Å². The molecule has 0 radical (unpaired) electrons. The monoisotopic (exact) mass is 473 g/mol. The van der Waals surface area contributed by atoms with Crippen molar-refractivity contribution < 1.29 is 4.79 Å². The topological polar surface area (TPSA) is 75.4 Å². The third-order valence-electron chi connectivity index (χ3n) is 6.22. The average molecular weight is 474 g/mol. The van der Waals surface area contributed by atoms with Crippen molar-refractivity contribution in [3.8, 4) is 11.3 Å². The third-order valence-corrected chi connectivity index (χ3v) is 6.47. The number of amides is 1. The van der Waals surface area contributed by atoms with Gasteiger partial charge in [-0.15, -0.1) is 22.6 Å². The second-order valence-electron chi connectivity index (χ2n) is 8.15. The summed E-state index contributed by atoms with van der Waals surface area (Å²) in [6.45, 7) is 6.78.